The van der Waals surface area contributed by atoms with Gasteiger partial charge in [0.25, 0.3) is 0 Å². The maximum Gasteiger partial charge on any atom is 0.151 e. The largest absolute Gasteiger partial charge is 0.316 e. The van der Waals surface area contributed by atoms with Gasteiger partial charge in [0, 0.05) is 13.0 Å². The Morgan fingerprint density at radius 3 is 2.94 bits per heavy atom. The second-order valence-electron chi connectivity index (χ2n) is 5.14. The van der Waals surface area contributed by atoms with Crippen LogP contribution in [0.1, 0.15) is 31.5 Å². The van der Waals surface area contributed by atoms with Gasteiger partial charge in [-0.25, -0.2) is 4.68 Å². The fraction of sp³-hybridized carbons (Fsp3) is 0.909. The molecule has 16 heavy (non-hydrogen) atoms. The number of rotatable bonds is 4. The number of piperidine rings is 1. The molecule has 5 heteroatoms. The Bertz CT molecular complexity index is 338. The van der Waals surface area contributed by atoms with Gasteiger partial charge in [-0.3, -0.25) is 0 Å². The van der Waals surface area contributed by atoms with Gasteiger partial charge in [0.05, 0.1) is 0 Å². The third kappa shape index (κ3) is 2.40. The molecule has 1 saturated heterocycles. The second-order valence-corrected chi connectivity index (χ2v) is 5.14. The van der Waals surface area contributed by atoms with Gasteiger partial charge in [0.1, 0.15) is 0 Å². The molecule has 0 spiro atoms. The molecule has 0 aromatic carbocycles. The molecular weight excluding hydrogens is 202 g/mol. The molecule has 2 heterocycles. The number of nitrogens with one attached hydrogen (secondary N) is 1. The van der Waals surface area contributed by atoms with E-state index in [0.29, 0.717) is 0 Å². The molecule has 5 nitrogen and oxygen atoms in total. The average molecular weight is 221 g/mol. The number of tetrazole rings is 1. The molecule has 0 radical (unpaired) electrons. The van der Waals surface area contributed by atoms with Crippen molar-refractivity contribution in [2.45, 2.75) is 38.6 Å². The Morgan fingerprint density at radius 2 is 2.19 bits per heavy atom. The van der Waals surface area contributed by atoms with E-state index < -0.39 is 0 Å². The highest BCUT2D eigenvalue weighted by molar-refractivity contribution is 4.88. The van der Waals surface area contributed by atoms with E-state index in [2.05, 4.69) is 20.8 Å². The van der Waals surface area contributed by atoms with Crippen LogP contribution in [0.3, 0.4) is 0 Å². The van der Waals surface area contributed by atoms with Crippen molar-refractivity contribution in [3.05, 3.63) is 5.82 Å². The summed E-state index contributed by atoms with van der Waals surface area (Å²) in [4.78, 5) is 0. The van der Waals surface area contributed by atoms with Crippen molar-refractivity contribution in [2.24, 2.45) is 11.8 Å². The molecule has 1 aromatic rings. The van der Waals surface area contributed by atoms with Crippen LogP contribution in [0.4, 0.5) is 0 Å². The average Bonchev–Trinajstić information content (AvgIpc) is 3.02. The molecule has 1 aliphatic heterocycles. The van der Waals surface area contributed by atoms with Gasteiger partial charge in [-0.05, 0) is 61.0 Å². The monoisotopic (exact) mass is 221 g/mol. The molecule has 2 aliphatic rings. The summed E-state index contributed by atoms with van der Waals surface area (Å²) in [5, 5.41) is 15.5. The summed E-state index contributed by atoms with van der Waals surface area (Å²) in [6, 6.07) is 0. The minimum atomic E-state index is 0.720. The maximum absolute atomic E-state index is 4.17. The predicted molar refractivity (Wildman–Crippen MR) is 59.8 cm³/mol. The molecule has 2 fully saturated rings. The lowest BCUT2D eigenvalue weighted by Crippen LogP contribution is -2.31. The zero-order valence-corrected chi connectivity index (χ0v) is 9.60. The molecule has 88 valence electrons. The summed E-state index contributed by atoms with van der Waals surface area (Å²) in [7, 11) is 0. The highest BCUT2D eigenvalue weighted by Crippen LogP contribution is 2.30. The molecule has 1 aliphatic carbocycles. The predicted octanol–water partition coefficient (Wildman–Crippen LogP) is 0.625. The topological polar surface area (TPSA) is 55.6 Å². The Labute approximate surface area is 95.6 Å². The van der Waals surface area contributed by atoms with Crippen LogP contribution in [0.25, 0.3) is 0 Å². The van der Waals surface area contributed by atoms with Crippen LogP contribution in [-0.2, 0) is 13.0 Å². The normalized spacial score (nSPS) is 25.9. The Hall–Kier alpha value is -0.970. The fourth-order valence-electron chi connectivity index (χ4n) is 2.41. The van der Waals surface area contributed by atoms with Crippen molar-refractivity contribution < 1.29 is 0 Å². The summed E-state index contributed by atoms with van der Waals surface area (Å²) in [6.45, 7) is 3.32. The van der Waals surface area contributed by atoms with Gasteiger partial charge < -0.3 is 5.32 Å². The van der Waals surface area contributed by atoms with E-state index in [9.17, 15) is 0 Å². The zero-order valence-electron chi connectivity index (χ0n) is 9.60. The fourth-order valence-corrected chi connectivity index (χ4v) is 2.41. The maximum atomic E-state index is 4.17. The first-order valence-corrected chi connectivity index (χ1v) is 6.37. The van der Waals surface area contributed by atoms with Gasteiger partial charge in [-0.2, -0.15) is 0 Å². The first-order chi connectivity index (χ1) is 7.92. The van der Waals surface area contributed by atoms with Crippen LogP contribution in [0.15, 0.2) is 0 Å². The summed E-state index contributed by atoms with van der Waals surface area (Å²) >= 11 is 0. The summed E-state index contributed by atoms with van der Waals surface area (Å²) in [5.41, 5.74) is 0. The molecule has 1 N–H and O–H groups in total. The summed E-state index contributed by atoms with van der Waals surface area (Å²) < 4.78 is 2.02. The number of aromatic nitrogens is 4. The van der Waals surface area contributed by atoms with Gasteiger partial charge in [-0.1, -0.05) is 0 Å². The highest BCUT2D eigenvalue weighted by Gasteiger charge is 2.24. The van der Waals surface area contributed by atoms with E-state index in [1.54, 1.807) is 0 Å². The third-order valence-electron chi connectivity index (χ3n) is 3.60. The van der Waals surface area contributed by atoms with E-state index in [4.69, 9.17) is 0 Å². The SMILES string of the molecule is C1CNCC(Cc2nnnn2CC2CC2)C1. The van der Waals surface area contributed by atoms with Crippen molar-refractivity contribution >= 4 is 0 Å². The van der Waals surface area contributed by atoms with Crippen molar-refractivity contribution in [1.82, 2.24) is 25.5 Å². The smallest absolute Gasteiger partial charge is 0.151 e. The molecule has 1 atom stereocenters. The van der Waals surface area contributed by atoms with Gasteiger partial charge in [-0.15, -0.1) is 5.10 Å². The number of hydrogen-bond donors (Lipinski definition) is 1. The molecule has 0 bridgehead atoms. The lowest BCUT2D eigenvalue weighted by atomic mass is 9.96. The van der Waals surface area contributed by atoms with E-state index in [1.165, 1.54) is 32.2 Å². The van der Waals surface area contributed by atoms with Crippen LogP contribution >= 0.6 is 0 Å². The lowest BCUT2D eigenvalue weighted by molar-refractivity contribution is 0.362. The third-order valence-corrected chi connectivity index (χ3v) is 3.60. The lowest BCUT2D eigenvalue weighted by Gasteiger charge is -2.21. The van der Waals surface area contributed by atoms with E-state index in [-0.39, 0.29) is 0 Å². The van der Waals surface area contributed by atoms with Crippen molar-refractivity contribution in [1.29, 1.82) is 0 Å². The van der Waals surface area contributed by atoms with Crippen LogP contribution in [0, 0.1) is 11.8 Å². The number of hydrogen-bond acceptors (Lipinski definition) is 4. The van der Waals surface area contributed by atoms with Crippen LogP contribution in [0.5, 0.6) is 0 Å². The molecule has 3 rings (SSSR count). The number of nitrogens with zero attached hydrogens (tertiary/aromatic N) is 4. The van der Waals surface area contributed by atoms with Crippen molar-refractivity contribution in [3.8, 4) is 0 Å². The highest BCUT2D eigenvalue weighted by atomic mass is 15.5. The first kappa shape index (κ1) is 10.2. The Kier molecular flexibility index (Phi) is 2.86. The second kappa shape index (κ2) is 4.49. The Balaban J connectivity index is 1.61. The Morgan fingerprint density at radius 1 is 1.25 bits per heavy atom. The standard InChI is InChI=1S/C11H19N5/c1-2-10(7-12-5-1)6-11-13-14-15-16(11)8-9-3-4-9/h9-10,12H,1-8H2. The first-order valence-electron chi connectivity index (χ1n) is 6.37. The van der Waals surface area contributed by atoms with Crippen molar-refractivity contribution in [2.75, 3.05) is 13.1 Å². The van der Waals surface area contributed by atoms with E-state index >= 15 is 0 Å². The van der Waals surface area contributed by atoms with Gasteiger partial charge in [0.2, 0.25) is 0 Å². The van der Waals surface area contributed by atoms with Gasteiger partial charge >= 0.3 is 0 Å². The molecule has 0 amide bonds. The van der Waals surface area contributed by atoms with E-state index in [0.717, 1.165) is 37.2 Å². The summed E-state index contributed by atoms with van der Waals surface area (Å²) in [6.07, 6.45) is 6.33. The van der Waals surface area contributed by atoms with Gasteiger partial charge in [0.15, 0.2) is 5.82 Å². The minimum Gasteiger partial charge on any atom is -0.316 e. The van der Waals surface area contributed by atoms with Crippen LogP contribution in [0.2, 0.25) is 0 Å². The van der Waals surface area contributed by atoms with Crippen LogP contribution < -0.4 is 5.32 Å². The van der Waals surface area contributed by atoms with Crippen LogP contribution in [-0.4, -0.2) is 33.3 Å². The minimum absolute atomic E-state index is 0.720. The molecule has 1 saturated carbocycles. The zero-order chi connectivity index (χ0) is 10.8. The quantitative estimate of drug-likeness (QED) is 0.810. The molecular formula is C11H19N5. The van der Waals surface area contributed by atoms with Crippen molar-refractivity contribution in [3.63, 3.8) is 0 Å². The summed E-state index contributed by atoms with van der Waals surface area (Å²) in [5.74, 6) is 2.64. The van der Waals surface area contributed by atoms with E-state index in [1.807, 2.05) is 4.68 Å². The molecule has 1 aromatic heterocycles. The molecule has 1 unspecified atom stereocenters.